The van der Waals surface area contributed by atoms with Gasteiger partial charge in [-0.05, 0) is 79.2 Å². The summed E-state index contributed by atoms with van der Waals surface area (Å²) in [7, 11) is 0. The van der Waals surface area contributed by atoms with Crippen molar-refractivity contribution >= 4 is 22.8 Å². The minimum Gasteiger partial charge on any atom is -0.343 e. The lowest BCUT2D eigenvalue weighted by Gasteiger charge is -2.23. The van der Waals surface area contributed by atoms with E-state index >= 15 is 0 Å². The average molecular weight is 458 g/mol. The first-order chi connectivity index (χ1) is 16.7. The molecule has 0 unspecified atom stereocenters. The van der Waals surface area contributed by atoms with Crippen LogP contribution in [0.15, 0.2) is 42.5 Å². The van der Waals surface area contributed by atoms with Crippen LogP contribution in [0.1, 0.15) is 59.5 Å². The van der Waals surface area contributed by atoms with Crippen molar-refractivity contribution in [3.05, 3.63) is 59.2 Å². The molecule has 1 aliphatic carbocycles. The number of H-pyrrole nitrogens is 1. The van der Waals surface area contributed by atoms with E-state index in [0.717, 1.165) is 51.0 Å². The topological polar surface area (TPSA) is 82.2 Å². The SMILES string of the molecule is O=C(CCc1ccccc1C1CC1)N1CC[C@@H]2CN(C(=O)c3ccc4n[nH]nc4c3)C[C@@H]2CC1. The Balaban J connectivity index is 1.04. The van der Waals surface area contributed by atoms with Crippen molar-refractivity contribution in [3.63, 3.8) is 0 Å². The molecule has 3 heterocycles. The molecule has 2 atom stereocenters. The molecule has 0 radical (unpaired) electrons. The number of nitrogens with one attached hydrogen (secondary N) is 1. The summed E-state index contributed by atoms with van der Waals surface area (Å²) in [6.45, 7) is 3.16. The highest BCUT2D eigenvalue weighted by Crippen LogP contribution is 2.42. The van der Waals surface area contributed by atoms with Gasteiger partial charge in [-0.2, -0.15) is 15.4 Å². The summed E-state index contributed by atoms with van der Waals surface area (Å²) in [6, 6.07) is 14.1. The molecule has 2 amide bonds. The number of aryl methyl sites for hydroxylation is 1. The van der Waals surface area contributed by atoms with Gasteiger partial charge in [0.15, 0.2) is 0 Å². The van der Waals surface area contributed by atoms with E-state index in [9.17, 15) is 9.59 Å². The van der Waals surface area contributed by atoms with E-state index in [0.29, 0.717) is 35.3 Å². The maximum atomic E-state index is 13.1. The van der Waals surface area contributed by atoms with E-state index in [-0.39, 0.29) is 11.8 Å². The first-order valence-electron chi connectivity index (χ1n) is 12.6. The summed E-state index contributed by atoms with van der Waals surface area (Å²) in [5, 5.41) is 10.8. The van der Waals surface area contributed by atoms with Crippen LogP contribution in [0.2, 0.25) is 0 Å². The third-order valence-electron chi connectivity index (χ3n) is 8.00. The van der Waals surface area contributed by atoms with Gasteiger partial charge in [-0.15, -0.1) is 0 Å². The molecule has 7 heteroatoms. The molecule has 3 aliphatic rings. The molecule has 34 heavy (non-hydrogen) atoms. The van der Waals surface area contributed by atoms with Gasteiger partial charge in [-0.25, -0.2) is 0 Å². The summed E-state index contributed by atoms with van der Waals surface area (Å²) in [6.07, 6.45) is 5.95. The van der Waals surface area contributed by atoms with Crippen molar-refractivity contribution in [2.24, 2.45) is 11.8 Å². The quantitative estimate of drug-likeness (QED) is 0.632. The fourth-order valence-corrected chi connectivity index (χ4v) is 5.87. The third-order valence-corrected chi connectivity index (χ3v) is 8.00. The molecule has 6 rings (SSSR count). The molecule has 2 saturated heterocycles. The number of carbonyl (C=O) groups excluding carboxylic acids is 2. The Morgan fingerprint density at radius 3 is 2.38 bits per heavy atom. The second kappa shape index (κ2) is 8.85. The van der Waals surface area contributed by atoms with Gasteiger partial charge < -0.3 is 9.80 Å². The lowest BCUT2D eigenvalue weighted by molar-refractivity contribution is -0.131. The molecule has 1 aromatic heterocycles. The Morgan fingerprint density at radius 1 is 0.882 bits per heavy atom. The number of carbonyl (C=O) groups is 2. The Morgan fingerprint density at radius 2 is 1.62 bits per heavy atom. The third kappa shape index (κ3) is 4.19. The Kier molecular flexibility index (Phi) is 5.55. The van der Waals surface area contributed by atoms with E-state index < -0.39 is 0 Å². The van der Waals surface area contributed by atoms with Crippen LogP contribution in [0.3, 0.4) is 0 Å². The Bertz CT molecular complexity index is 1200. The van der Waals surface area contributed by atoms with Crippen molar-refractivity contribution in [1.29, 1.82) is 0 Å². The largest absolute Gasteiger partial charge is 0.343 e. The van der Waals surface area contributed by atoms with Gasteiger partial charge in [0, 0.05) is 38.2 Å². The summed E-state index contributed by atoms with van der Waals surface area (Å²) >= 11 is 0. The van der Waals surface area contributed by atoms with E-state index in [1.807, 2.05) is 23.1 Å². The molecule has 3 aromatic rings. The van der Waals surface area contributed by atoms with Gasteiger partial charge in [0.2, 0.25) is 5.91 Å². The molecule has 0 spiro atoms. The average Bonchev–Trinajstić information content (AvgIpc) is 3.52. The summed E-state index contributed by atoms with van der Waals surface area (Å²) < 4.78 is 0. The van der Waals surface area contributed by atoms with E-state index in [1.54, 1.807) is 0 Å². The minimum absolute atomic E-state index is 0.0697. The van der Waals surface area contributed by atoms with Gasteiger partial charge in [0.1, 0.15) is 11.0 Å². The van der Waals surface area contributed by atoms with Crippen molar-refractivity contribution in [2.45, 2.75) is 44.4 Å². The van der Waals surface area contributed by atoms with Crippen LogP contribution in [0.25, 0.3) is 11.0 Å². The lowest BCUT2D eigenvalue weighted by Crippen LogP contribution is -2.34. The fourth-order valence-electron chi connectivity index (χ4n) is 5.87. The second-order valence-corrected chi connectivity index (χ2v) is 10.2. The molecule has 176 valence electrons. The number of amides is 2. The number of aromatic amines is 1. The summed E-state index contributed by atoms with van der Waals surface area (Å²) in [5.41, 5.74) is 4.95. The molecule has 3 fully saturated rings. The number of fused-ring (bicyclic) bond motifs is 2. The van der Waals surface area contributed by atoms with Crippen LogP contribution < -0.4 is 0 Å². The van der Waals surface area contributed by atoms with Crippen LogP contribution >= 0.6 is 0 Å². The van der Waals surface area contributed by atoms with Crippen LogP contribution in [0.5, 0.6) is 0 Å². The van der Waals surface area contributed by atoms with E-state index in [1.165, 1.54) is 24.0 Å². The zero-order chi connectivity index (χ0) is 23.1. The van der Waals surface area contributed by atoms with Crippen LogP contribution in [-0.4, -0.2) is 63.2 Å². The predicted molar refractivity (Wildman–Crippen MR) is 129 cm³/mol. The zero-order valence-corrected chi connectivity index (χ0v) is 19.4. The number of hydrogen-bond acceptors (Lipinski definition) is 4. The number of aromatic nitrogens is 3. The minimum atomic E-state index is 0.0697. The summed E-state index contributed by atoms with van der Waals surface area (Å²) in [4.78, 5) is 30.2. The molecule has 1 saturated carbocycles. The van der Waals surface area contributed by atoms with Crippen molar-refractivity contribution in [3.8, 4) is 0 Å². The lowest BCUT2D eigenvalue weighted by atomic mass is 9.92. The highest BCUT2D eigenvalue weighted by Gasteiger charge is 2.38. The van der Waals surface area contributed by atoms with Gasteiger partial charge in [0.25, 0.3) is 5.91 Å². The van der Waals surface area contributed by atoms with Gasteiger partial charge in [0.05, 0.1) is 0 Å². The van der Waals surface area contributed by atoms with Crippen molar-refractivity contribution < 1.29 is 9.59 Å². The van der Waals surface area contributed by atoms with Crippen molar-refractivity contribution in [2.75, 3.05) is 26.2 Å². The monoisotopic (exact) mass is 457 g/mol. The molecule has 1 N–H and O–H groups in total. The van der Waals surface area contributed by atoms with Crippen molar-refractivity contribution in [1.82, 2.24) is 25.2 Å². The van der Waals surface area contributed by atoms with Gasteiger partial charge >= 0.3 is 0 Å². The number of nitrogens with zero attached hydrogens (tertiary/aromatic N) is 4. The maximum Gasteiger partial charge on any atom is 0.253 e. The van der Waals surface area contributed by atoms with E-state index in [4.69, 9.17) is 0 Å². The maximum absolute atomic E-state index is 13.1. The molecular formula is C27H31N5O2. The normalized spacial score (nSPS) is 22.6. The van der Waals surface area contributed by atoms with Crippen LogP contribution in [0, 0.1) is 11.8 Å². The molecule has 2 aromatic carbocycles. The van der Waals surface area contributed by atoms with Gasteiger partial charge in [-0.1, -0.05) is 24.3 Å². The molecule has 0 bridgehead atoms. The second-order valence-electron chi connectivity index (χ2n) is 10.2. The number of hydrogen-bond donors (Lipinski definition) is 1. The van der Waals surface area contributed by atoms with Crippen LogP contribution in [-0.2, 0) is 11.2 Å². The van der Waals surface area contributed by atoms with Gasteiger partial charge in [-0.3, -0.25) is 9.59 Å². The molecule has 2 aliphatic heterocycles. The number of benzene rings is 2. The molecule has 7 nitrogen and oxygen atoms in total. The predicted octanol–water partition coefficient (Wildman–Crippen LogP) is 3.78. The first-order valence-corrected chi connectivity index (χ1v) is 12.6. The molecular weight excluding hydrogens is 426 g/mol. The van der Waals surface area contributed by atoms with Crippen LogP contribution in [0.4, 0.5) is 0 Å². The zero-order valence-electron chi connectivity index (χ0n) is 19.4. The van der Waals surface area contributed by atoms with E-state index in [2.05, 4.69) is 44.6 Å². The first kappa shape index (κ1) is 21.3. The summed E-state index contributed by atoms with van der Waals surface area (Å²) in [5.74, 6) is 1.99. The standard InChI is InChI=1S/C27H31N5O2/c33-26(10-8-18-3-1-2-4-23(18)19-5-6-19)31-13-11-21-16-32(17-22(21)12-14-31)27(34)20-7-9-24-25(15-20)29-30-28-24/h1-4,7,9,15,19,21-22H,5-6,8,10-14,16-17H2,(H,28,29,30)/t21-,22+. The Labute approximate surface area is 199 Å². The highest BCUT2D eigenvalue weighted by molar-refractivity contribution is 5.97. The smallest absolute Gasteiger partial charge is 0.253 e. The fraction of sp³-hybridized carbons (Fsp3) is 0.481. The number of likely N-dealkylation sites (tertiary alicyclic amines) is 2. The Hall–Kier alpha value is -3.22. The number of rotatable bonds is 5. The highest BCUT2D eigenvalue weighted by atomic mass is 16.2.